The maximum absolute atomic E-state index is 13.6. The molecule has 1 aromatic heterocycles. The van der Waals surface area contributed by atoms with Crippen LogP contribution in [0.2, 0.25) is 0 Å². The summed E-state index contributed by atoms with van der Waals surface area (Å²) in [6.07, 6.45) is 7.29. The highest BCUT2D eigenvalue weighted by atomic mass is 19.1. The smallest absolute Gasteiger partial charge is 0.319 e. The highest BCUT2D eigenvalue weighted by Crippen LogP contribution is 2.18. The largest absolute Gasteiger partial charge is 0.366 e. The molecule has 0 saturated heterocycles. The van der Waals surface area contributed by atoms with Crippen molar-refractivity contribution in [3.8, 4) is 0 Å². The number of carbonyl (C=O) groups is 1. The molecule has 0 spiro atoms. The van der Waals surface area contributed by atoms with Gasteiger partial charge < -0.3 is 16.0 Å². The molecule has 1 heterocycles. The molecule has 1 aromatic carbocycles. The molecule has 1 saturated carbocycles. The Bertz CT molecular complexity index is 699. The zero-order valence-electron chi connectivity index (χ0n) is 14.1. The van der Waals surface area contributed by atoms with E-state index >= 15 is 0 Å². The van der Waals surface area contributed by atoms with E-state index in [1.165, 1.54) is 25.3 Å². The quantitative estimate of drug-likeness (QED) is 0.759. The van der Waals surface area contributed by atoms with Crippen molar-refractivity contribution in [2.45, 2.75) is 44.7 Å². The van der Waals surface area contributed by atoms with E-state index in [9.17, 15) is 9.18 Å². The van der Waals surface area contributed by atoms with Gasteiger partial charge in [0.25, 0.3) is 0 Å². The first-order valence-corrected chi connectivity index (χ1v) is 8.71. The van der Waals surface area contributed by atoms with Gasteiger partial charge in [0.1, 0.15) is 11.6 Å². The van der Waals surface area contributed by atoms with Gasteiger partial charge in [0.15, 0.2) is 0 Å². The number of carbonyl (C=O) groups excluding carboxylic acids is 1. The summed E-state index contributed by atoms with van der Waals surface area (Å²) < 4.78 is 13.6. The zero-order chi connectivity index (χ0) is 17.5. The first-order valence-electron chi connectivity index (χ1n) is 8.71. The van der Waals surface area contributed by atoms with Gasteiger partial charge in [-0.05, 0) is 31.0 Å². The third-order valence-corrected chi connectivity index (χ3v) is 4.38. The molecule has 2 amide bonds. The number of pyridine rings is 1. The lowest BCUT2D eigenvalue weighted by molar-refractivity contribution is 0.244. The second-order valence-corrected chi connectivity index (χ2v) is 6.31. The first kappa shape index (κ1) is 17.2. The molecule has 0 atom stereocenters. The van der Waals surface area contributed by atoms with Crippen molar-refractivity contribution in [3.63, 3.8) is 0 Å². The van der Waals surface area contributed by atoms with Crippen LogP contribution in [0.3, 0.4) is 0 Å². The topological polar surface area (TPSA) is 66.0 Å². The Labute approximate surface area is 147 Å². The number of hydrogen-bond donors (Lipinski definition) is 3. The minimum Gasteiger partial charge on any atom is -0.366 e. The summed E-state index contributed by atoms with van der Waals surface area (Å²) in [5.41, 5.74) is 1.21. The lowest BCUT2D eigenvalue weighted by Gasteiger charge is -2.22. The summed E-state index contributed by atoms with van der Waals surface area (Å²) in [6, 6.07) is 10.2. The van der Waals surface area contributed by atoms with Crippen LogP contribution in [0.5, 0.6) is 0 Å². The molecule has 1 aliphatic rings. The maximum atomic E-state index is 13.6. The number of halogens is 1. The second kappa shape index (κ2) is 8.46. The van der Waals surface area contributed by atoms with Gasteiger partial charge in [-0.25, -0.2) is 14.2 Å². The average molecular weight is 342 g/mol. The fourth-order valence-corrected chi connectivity index (χ4v) is 3.00. The van der Waals surface area contributed by atoms with E-state index in [1.807, 2.05) is 0 Å². The summed E-state index contributed by atoms with van der Waals surface area (Å²) in [7, 11) is 0. The Hall–Kier alpha value is -2.63. The van der Waals surface area contributed by atoms with Gasteiger partial charge in [-0.15, -0.1) is 0 Å². The number of amides is 2. The minimum absolute atomic E-state index is 0.194. The molecule has 6 heteroatoms. The highest BCUT2D eigenvalue weighted by molar-refractivity contribution is 5.89. The fourth-order valence-electron chi connectivity index (χ4n) is 3.00. The minimum atomic E-state index is -0.243. The van der Waals surface area contributed by atoms with Crippen molar-refractivity contribution in [1.29, 1.82) is 0 Å². The lowest BCUT2D eigenvalue weighted by Crippen LogP contribution is -2.39. The van der Waals surface area contributed by atoms with Gasteiger partial charge in [0.05, 0.1) is 11.9 Å². The number of rotatable bonds is 5. The van der Waals surface area contributed by atoms with Crippen LogP contribution in [0, 0.1) is 5.82 Å². The number of urea groups is 1. The van der Waals surface area contributed by atoms with Gasteiger partial charge in [-0.3, -0.25) is 0 Å². The highest BCUT2D eigenvalue weighted by Gasteiger charge is 2.15. The molecule has 0 radical (unpaired) electrons. The van der Waals surface area contributed by atoms with E-state index in [2.05, 4.69) is 20.9 Å². The normalized spacial score (nSPS) is 14.8. The Morgan fingerprint density at radius 3 is 2.64 bits per heavy atom. The SMILES string of the molecule is O=C(Nc1ccc(NCc2ccccc2F)nc1)NC1CCCCC1. The van der Waals surface area contributed by atoms with Crippen molar-refractivity contribution in [3.05, 3.63) is 54.0 Å². The molecular formula is C19H23FN4O. The molecule has 2 aromatic rings. The molecular weight excluding hydrogens is 319 g/mol. The van der Waals surface area contributed by atoms with Gasteiger partial charge in [0.2, 0.25) is 0 Å². The third kappa shape index (κ3) is 5.17. The number of nitrogens with one attached hydrogen (secondary N) is 3. The van der Waals surface area contributed by atoms with Gasteiger partial charge in [-0.1, -0.05) is 37.5 Å². The van der Waals surface area contributed by atoms with Gasteiger partial charge >= 0.3 is 6.03 Å². The predicted octanol–water partition coefficient (Wildman–Crippen LogP) is 4.29. The van der Waals surface area contributed by atoms with Crippen LogP contribution < -0.4 is 16.0 Å². The standard InChI is InChI=1S/C19H23FN4O/c20-17-9-5-4-6-14(17)12-21-18-11-10-16(13-22-18)24-19(25)23-15-7-2-1-3-8-15/h4-6,9-11,13,15H,1-3,7-8,12H2,(H,21,22)(H2,23,24,25). The van der Waals surface area contributed by atoms with Crippen molar-refractivity contribution >= 4 is 17.5 Å². The van der Waals surface area contributed by atoms with Crippen LogP contribution in [0.4, 0.5) is 20.7 Å². The van der Waals surface area contributed by atoms with Gasteiger partial charge in [0, 0.05) is 18.2 Å². The van der Waals surface area contributed by atoms with Crippen LogP contribution in [0.25, 0.3) is 0 Å². The van der Waals surface area contributed by atoms with Crippen molar-refractivity contribution in [2.75, 3.05) is 10.6 Å². The molecule has 0 unspecified atom stereocenters. The summed E-state index contributed by atoms with van der Waals surface area (Å²) in [5, 5.41) is 8.87. The molecule has 0 bridgehead atoms. The average Bonchev–Trinajstić information content (AvgIpc) is 2.63. The van der Waals surface area contributed by atoms with E-state index in [4.69, 9.17) is 0 Å². The summed E-state index contributed by atoms with van der Waals surface area (Å²) in [4.78, 5) is 16.3. The molecule has 5 nitrogen and oxygen atoms in total. The van der Waals surface area contributed by atoms with Crippen molar-refractivity contribution in [2.24, 2.45) is 0 Å². The number of benzene rings is 1. The first-order chi connectivity index (χ1) is 12.2. The van der Waals surface area contributed by atoms with E-state index in [0.717, 1.165) is 12.8 Å². The maximum Gasteiger partial charge on any atom is 0.319 e. The number of aromatic nitrogens is 1. The molecule has 3 rings (SSSR count). The Kier molecular flexibility index (Phi) is 5.82. The zero-order valence-corrected chi connectivity index (χ0v) is 14.1. The van der Waals surface area contributed by atoms with E-state index in [1.54, 1.807) is 36.5 Å². The Morgan fingerprint density at radius 1 is 1.12 bits per heavy atom. The van der Waals surface area contributed by atoms with Crippen molar-refractivity contribution < 1.29 is 9.18 Å². The number of anilines is 2. The van der Waals surface area contributed by atoms with Crippen molar-refractivity contribution in [1.82, 2.24) is 10.3 Å². The van der Waals surface area contributed by atoms with E-state index < -0.39 is 0 Å². The Balaban J connectivity index is 1.48. The van der Waals surface area contributed by atoms with E-state index in [-0.39, 0.29) is 17.9 Å². The van der Waals surface area contributed by atoms with E-state index in [0.29, 0.717) is 23.6 Å². The molecule has 0 aliphatic heterocycles. The molecule has 1 aliphatic carbocycles. The fraction of sp³-hybridized carbons (Fsp3) is 0.368. The van der Waals surface area contributed by atoms with Crippen LogP contribution in [-0.4, -0.2) is 17.1 Å². The molecule has 1 fully saturated rings. The molecule has 25 heavy (non-hydrogen) atoms. The van der Waals surface area contributed by atoms with Crippen LogP contribution >= 0.6 is 0 Å². The number of nitrogens with zero attached hydrogens (tertiary/aromatic N) is 1. The predicted molar refractivity (Wildman–Crippen MR) is 97.0 cm³/mol. The summed E-state index contributed by atoms with van der Waals surface area (Å²) >= 11 is 0. The molecule has 132 valence electrons. The summed E-state index contributed by atoms with van der Waals surface area (Å²) in [5.74, 6) is 0.383. The van der Waals surface area contributed by atoms with Crippen LogP contribution in [0.15, 0.2) is 42.6 Å². The second-order valence-electron chi connectivity index (χ2n) is 6.31. The van der Waals surface area contributed by atoms with Gasteiger partial charge in [-0.2, -0.15) is 0 Å². The summed E-state index contributed by atoms with van der Waals surface area (Å²) in [6.45, 7) is 0.356. The van der Waals surface area contributed by atoms with Crippen LogP contribution in [-0.2, 0) is 6.54 Å². The Morgan fingerprint density at radius 2 is 1.92 bits per heavy atom. The molecule has 3 N–H and O–H groups in total. The van der Waals surface area contributed by atoms with Crippen LogP contribution in [0.1, 0.15) is 37.7 Å². The monoisotopic (exact) mass is 342 g/mol. The third-order valence-electron chi connectivity index (χ3n) is 4.38. The lowest BCUT2D eigenvalue weighted by atomic mass is 9.96. The number of hydrogen-bond acceptors (Lipinski definition) is 3.